The first-order valence-corrected chi connectivity index (χ1v) is 14.3. The molecule has 2 amide bonds. The minimum absolute atomic E-state index is 0.116. The lowest BCUT2D eigenvalue weighted by Crippen LogP contribution is -2.53. The number of carbonyl (C=O) groups is 3. The van der Waals surface area contributed by atoms with Crippen molar-refractivity contribution < 1.29 is 27.2 Å². The number of pyridine rings is 1. The number of nitrogens with zero attached hydrogens (tertiary/aromatic N) is 2. The Balaban J connectivity index is 1.45. The molecule has 2 aromatic heterocycles. The van der Waals surface area contributed by atoms with Gasteiger partial charge < -0.3 is 15.1 Å². The van der Waals surface area contributed by atoms with E-state index >= 15 is 0 Å². The van der Waals surface area contributed by atoms with Crippen molar-refractivity contribution in [1.82, 2.24) is 19.9 Å². The van der Waals surface area contributed by atoms with Crippen LogP contribution < -0.4 is 10.6 Å². The normalized spacial score (nSPS) is 20.7. The molecule has 2 atom stereocenters. The maximum Gasteiger partial charge on any atom is 0.260 e. The van der Waals surface area contributed by atoms with Crippen LogP contribution in [0.5, 0.6) is 0 Å². The number of carbonyl (C=O) groups excluding carboxylic acids is 3. The zero-order valence-electron chi connectivity index (χ0n) is 21.0. The fourth-order valence-electron chi connectivity index (χ4n) is 5.10. The Labute approximate surface area is 217 Å². The first-order chi connectivity index (χ1) is 17.8. The molecular weight excluding hydrogens is 496 g/mol. The zero-order valence-corrected chi connectivity index (χ0v) is 21.8. The second-order valence-electron chi connectivity index (χ2n) is 9.83. The summed E-state index contributed by atoms with van der Waals surface area (Å²) in [4.78, 5) is 43.3. The second kappa shape index (κ2) is 12.0. The summed E-state index contributed by atoms with van der Waals surface area (Å²) in [7, 11) is -3.93. The van der Waals surface area contributed by atoms with E-state index in [0.717, 1.165) is 30.0 Å². The van der Waals surface area contributed by atoms with Gasteiger partial charge in [0.15, 0.2) is 10.8 Å². The monoisotopic (exact) mass is 530 g/mol. The highest BCUT2D eigenvalue weighted by Gasteiger charge is 2.35. The maximum absolute atomic E-state index is 13.4. The molecule has 2 N–H and O–H groups in total. The van der Waals surface area contributed by atoms with Gasteiger partial charge in [0.1, 0.15) is 11.8 Å². The fraction of sp³-hybridized carbons (Fsp3) is 0.538. The molecule has 3 heterocycles. The Kier molecular flexibility index (Phi) is 8.75. The Morgan fingerprint density at radius 2 is 1.92 bits per heavy atom. The van der Waals surface area contributed by atoms with Crippen LogP contribution in [-0.4, -0.2) is 60.5 Å². The van der Waals surface area contributed by atoms with Crippen LogP contribution in [0.25, 0.3) is 0 Å². The number of aromatic nitrogens is 1. The summed E-state index contributed by atoms with van der Waals surface area (Å²) in [6, 6.07) is 4.51. The summed E-state index contributed by atoms with van der Waals surface area (Å²) >= 11 is 0. The van der Waals surface area contributed by atoms with Gasteiger partial charge in [-0.3, -0.25) is 14.4 Å². The lowest BCUT2D eigenvalue weighted by Gasteiger charge is -2.28. The minimum Gasteiger partial charge on any atom is -0.469 e. The fourth-order valence-corrected chi connectivity index (χ4v) is 6.48. The summed E-state index contributed by atoms with van der Waals surface area (Å²) in [5, 5.41) is 5.54. The average molecular weight is 531 g/mol. The van der Waals surface area contributed by atoms with Crippen LogP contribution >= 0.6 is 0 Å². The molecule has 1 aliphatic carbocycles. The number of Topliss-reactive ketones (excluding diaryl/α,β-unsaturated/α-hetero) is 1. The van der Waals surface area contributed by atoms with Crippen LogP contribution in [0, 0.1) is 12.8 Å². The van der Waals surface area contributed by atoms with Crippen LogP contribution in [0.3, 0.4) is 0 Å². The van der Waals surface area contributed by atoms with E-state index in [2.05, 4.69) is 15.6 Å². The Morgan fingerprint density at radius 1 is 1.14 bits per heavy atom. The highest BCUT2D eigenvalue weighted by molar-refractivity contribution is 7.89. The maximum atomic E-state index is 13.4. The third kappa shape index (κ3) is 6.64. The Morgan fingerprint density at radius 3 is 2.59 bits per heavy atom. The van der Waals surface area contributed by atoms with Crippen molar-refractivity contribution in [1.29, 1.82) is 0 Å². The van der Waals surface area contributed by atoms with Crippen LogP contribution in [0.15, 0.2) is 46.2 Å². The van der Waals surface area contributed by atoms with Crippen LogP contribution in [0.4, 0.5) is 0 Å². The highest BCUT2D eigenvalue weighted by Crippen LogP contribution is 2.28. The van der Waals surface area contributed by atoms with E-state index in [4.69, 9.17) is 4.42 Å². The summed E-state index contributed by atoms with van der Waals surface area (Å²) < 4.78 is 32.3. The first-order valence-electron chi connectivity index (χ1n) is 12.8. The molecule has 2 unspecified atom stereocenters. The van der Waals surface area contributed by atoms with Gasteiger partial charge in [0, 0.05) is 12.7 Å². The minimum atomic E-state index is -3.93. The van der Waals surface area contributed by atoms with E-state index in [9.17, 15) is 22.8 Å². The number of sulfonamides is 1. The number of hydrogen-bond donors (Lipinski definition) is 2. The molecule has 11 heteroatoms. The van der Waals surface area contributed by atoms with Gasteiger partial charge in [0.2, 0.25) is 5.91 Å². The number of furan rings is 1. The van der Waals surface area contributed by atoms with E-state index in [0.29, 0.717) is 36.5 Å². The quantitative estimate of drug-likeness (QED) is 0.535. The lowest BCUT2D eigenvalue weighted by atomic mass is 9.84. The number of amides is 2. The number of aryl methyl sites for hydroxylation is 1. The molecular formula is C26H34N4O6S. The van der Waals surface area contributed by atoms with Crippen molar-refractivity contribution in [3.8, 4) is 0 Å². The largest absolute Gasteiger partial charge is 0.469 e. The molecule has 0 bridgehead atoms. The second-order valence-corrected chi connectivity index (χ2v) is 11.7. The molecule has 1 aliphatic heterocycles. The van der Waals surface area contributed by atoms with E-state index in [1.165, 1.54) is 24.9 Å². The molecule has 0 aromatic carbocycles. The molecule has 1 saturated heterocycles. The molecule has 1 saturated carbocycles. The summed E-state index contributed by atoms with van der Waals surface area (Å²) in [5.41, 5.74) is 0.363. The van der Waals surface area contributed by atoms with Gasteiger partial charge >= 0.3 is 0 Å². The van der Waals surface area contributed by atoms with Gasteiger partial charge in [-0.1, -0.05) is 38.2 Å². The predicted octanol–water partition coefficient (Wildman–Crippen LogP) is 2.59. The van der Waals surface area contributed by atoms with E-state index in [1.807, 2.05) is 0 Å². The molecule has 2 aliphatic rings. The summed E-state index contributed by atoms with van der Waals surface area (Å²) in [6.07, 6.45) is 9.35. The molecule has 2 aromatic rings. The Bertz CT molecular complexity index is 1210. The van der Waals surface area contributed by atoms with Crippen molar-refractivity contribution in [3.05, 3.63) is 48.0 Å². The van der Waals surface area contributed by atoms with Crippen LogP contribution in [-0.2, 0) is 19.6 Å². The van der Waals surface area contributed by atoms with Gasteiger partial charge in [0.25, 0.3) is 15.9 Å². The predicted molar refractivity (Wildman–Crippen MR) is 135 cm³/mol. The van der Waals surface area contributed by atoms with E-state index in [-0.39, 0.29) is 18.1 Å². The third-order valence-electron chi connectivity index (χ3n) is 7.20. The van der Waals surface area contributed by atoms with Crippen molar-refractivity contribution in [2.75, 3.05) is 13.1 Å². The molecule has 37 heavy (non-hydrogen) atoms. The third-order valence-corrected chi connectivity index (χ3v) is 8.96. The summed E-state index contributed by atoms with van der Waals surface area (Å²) in [6.45, 7) is 1.48. The van der Waals surface area contributed by atoms with Crippen molar-refractivity contribution in [2.45, 2.75) is 75.4 Å². The van der Waals surface area contributed by atoms with Gasteiger partial charge in [-0.2, -0.15) is 4.31 Å². The number of rotatable bonds is 8. The van der Waals surface area contributed by atoms with Gasteiger partial charge in [-0.25, -0.2) is 13.4 Å². The van der Waals surface area contributed by atoms with Crippen molar-refractivity contribution >= 4 is 27.6 Å². The highest BCUT2D eigenvalue weighted by atomic mass is 32.2. The van der Waals surface area contributed by atoms with Gasteiger partial charge in [0.05, 0.1) is 24.4 Å². The lowest BCUT2D eigenvalue weighted by molar-refractivity contribution is -0.129. The SMILES string of the molecule is Cc1occc1C(=O)NC(CC1CCCCC1)C(=O)NC1CCCN(S(=O)(=O)c2ccccn2)CC1=O. The van der Waals surface area contributed by atoms with Crippen LogP contribution in [0.2, 0.25) is 0 Å². The molecule has 200 valence electrons. The van der Waals surface area contributed by atoms with Crippen molar-refractivity contribution in [3.63, 3.8) is 0 Å². The van der Waals surface area contributed by atoms with Gasteiger partial charge in [-0.15, -0.1) is 0 Å². The number of nitrogens with one attached hydrogen (secondary N) is 2. The summed E-state index contributed by atoms with van der Waals surface area (Å²) in [5.74, 6) is -0.457. The number of ketones is 1. The number of hydrogen-bond acceptors (Lipinski definition) is 7. The van der Waals surface area contributed by atoms with Gasteiger partial charge in [-0.05, 0) is 50.3 Å². The molecule has 0 spiro atoms. The average Bonchev–Trinajstić information content (AvgIpc) is 3.24. The molecule has 4 rings (SSSR count). The van der Waals surface area contributed by atoms with E-state index in [1.54, 1.807) is 25.1 Å². The Hall–Kier alpha value is -3.05. The molecule has 10 nitrogen and oxygen atoms in total. The van der Waals surface area contributed by atoms with Crippen molar-refractivity contribution in [2.24, 2.45) is 5.92 Å². The standard InChI is InChI=1S/C26H34N4O6S/c1-18-20(12-15-36-18)25(32)29-22(16-19-8-3-2-4-9-19)26(33)28-21-10-7-14-30(17-23(21)31)37(34,35)24-11-5-6-13-27-24/h5-6,11-13,15,19,21-22H,2-4,7-10,14,16-17H2,1H3,(H,28,33)(H,29,32). The molecule has 0 radical (unpaired) electrons. The zero-order chi connectivity index (χ0) is 26.4. The van der Waals surface area contributed by atoms with E-state index < -0.39 is 39.7 Å². The topological polar surface area (TPSA) is 139 Å². The smallest absolute Gasteiger partial charge is 0.260 e. The first kappa shape index (κ1) is 27.0. The molecule has 2 fully saturated rings. The van der Waals surface area contributed by atoms with Crippen LogP contribution in [0.1, 0.15) is 67.5 Å².